The van der Waals surface area contributed by atoms with Gasteiger partial charge in [0.15, 0.2) is 0 Å². The minimum atomic E-state index is 0.489. The van der Waals surface area contributed by atoms with Crippen molar-refractivity contribution < 1.29 is 0 Å². The molecule has 1 saturated heterocycles. The van der Waals surface area contributed by atoms with Crippen molar-refractivity contribution in [3.63, 3.8) is 0 Å². The zero-order valence-electron chi connectivity index (χ0n) is 8.93. The fraction of sp³-hybridized carbons (Fsp3) is 0.500. The van der Waals surface area contributed by atoms with E-state index in [0.29, 0.717) is 6.04 Å². The van der Waals surface area contributed by atoms with Crippen molar-refractivity contribution in [3.8, 4) is 0 Å². The van der Waals surface area contributed by atoms with E-state index in [4.69, 9.17) is 0 Å². The lowest BCUT2D eigenvalue weighted by atomic mass is 10.0. The molecule has 0 bridgehead atoms. The normalized spacial score (nSPS) is 22.3. The summed E-state index contributed by atoms with van der Waals surface area (Å²) in [4.78, 5) is 0. The van der Waals surface area contributed by atoms with Gasteiger partial charge >= 0.3 is 0 Å². The molecule has 1 fully saturated rings. The van der Waals surface area contributed by atoms with Crippen LogP contribution in [0.4, 0.5) is 0 Å². The smallest absolute Gasteiger partial charge is 0.0447 e. The van der Waals surface area contributed by atoms with Gasteiger partial charge < -0.3 is 10.6 Å². The second-order valence-corrected chi connectivity index (χ2v) is 4.05. The number of hydrogen-bond acceptors (Lipinski definition) is 2. The molecule has 14 heavy (non-hydrogen) atoms. The summed E-state index contributed by atoms with van der Waals surface area (Å²) in [6, 6.07) is 7.22. The van der Waals surface area contributed by atoms with Crippen molar-refractivity contribution in [2.24, 2.45) is 0 Å². The van der Waals surface area contributed by atoms with Crippen LogP contribution in [0.15, 0.2) is 18.2 Å². The Morgan fingerprint density at radius 3 is 2.64 bits per heavy atom. The van der Waals surface area contributed by atoms with E-state index in [2.05, 4.69) is 42.7 Å². The van der Waals surface area contributed by atoms with E-state index >= 15 is 0 Å². The molecule has 1 heterocycles. The van der Waals surface area contributed by atoms with Crippen LogP contribution in [0.25, 0.3) is 0 Å². The molecule has 2 heteroatoms. The molecular weight excluding hydrogens is 172 g/mol. The average Bonchev–Trinajstić information content (AvgIpc) is 2.23. The molecule has 2 nitrogen and oxygen atoms in total. The van der Waals surface area contributed by atoms with Gasteiger partial charge in [0.05, 0.1) is 0 Å². The molecule has 0 aromatic heterocycles. The highest BCUT2D eigenvalue weighted by molar-refractivity contribution is 5.32. The molecule has 2 N–H and O–H groups in total. The summed E-state index contributed by atoms with van der Waals surface area (Å²) in [7, 11) is 0. The quantitative estimate of drug-likeness (QED) is 0.702. The molecule has 76 valence electrons. The van der Waals surface area contributed by atoms with Gasteiger partial charge in [-0.2, -0.15) is 0 Å². The van der Waals surface area contributed by atoms with Crippen molar-refractivity contribution in [1.82, 2.24) is 10.6 Å². The van der Waals surface area contributed by atoms with Gasteiger partial charge in [0.1, 0.15) is 0 Å². The van der Waals surface area contributed by atoms with Gasteiger partial charge in [-0.15, -0.1) is 0 Å². The van der Waals surface area contributed by atoms with Gasteiger partial charge in [0.25, 0.3) is 0 Å². The molecule has 1 aliphatic heterocycles. The first kappa shape index (κ1) is 9.69. The van der Waals surface area contributed by atoms with Crippen LogP contribution in [0.3, 0.4) is 0 Å². The van der Waals surface area contributed by atoms with Crippen molar-refractivity contribution >= 4 is 0 Å². The maximum atomic E-state index is 3.52. The maximum absolute atomic E-state index is 3.52. The third-order valence-electron chi connectivity index (χ3n) is 2.97. The van der Waals surface area contributed by atoms with Crippen molar-refractivity contribution in [2.75, 3.05) is 19.6 Å². The predicted molar refractivity (Wildman–Crippen MR) is 59.5 cm³/mol. The number of rotatable bonds is 1. The molecule has 0 spiro atoms. The second kappa shape index (κ2) is 4.11. The topological polar surface area (TPSA) is 24.1 Å². The predicted octanol–water partition coefficient (Wildman–Crippen LogP) is 1.54. The molecule has 1 aliphatic rings. The minimum Gasteiger partial charge on any atom is -0.314 e. The molecule has 0 aliphatic carbocycles. The molecule has 1 atom stereocenters. The Hall–Kier alpha value is -0.860. The fourth-order valence-corrected chi connectivity index (χ4v) is 1.87. The Morgan fingerprint density at radius 1 is 1.14 bits per heavy atom. The van der Waals surface area contributed by atoms with Crippen LogP contribution in [0.2, 0.25) is 0 Å². The second-order valence-electron chi connectivity index (χ2n) is 4.05. The van der Waals surface area contributed by atoms with Crippen LogP contribution >= 0.6 is 0 Å². The van der Waals surface area contributed by atoms with Gasteiger partial charge in [-0.25, -0.2) is 0 Å². The summed E-state index contributed by atoms with van der Waals surface area (Å²) < 4.78 is 0. The van der Waals surface area contributed by atoms with E-state index < -0.39 is 0 Å². The number of aryl methyl sites for hydroxylation is 2. The summed E-state index contributed by atoms with van der Waals surface area (Å²) in [6.07, 6.45) is 0. The van der Waals surface area contributed by atoms with E-state index in [0.717, 1.165) is 19.6 Å². The van der Waals surface area contributed by atoms with Crippen LogP contribution in [-0.4, -0.2) is 19.6 Å². The summed E-state index contributed by atoms with van der Waals surface area (Å²) in [5, 5.41) is 6.92. The van der Waals surface area contributed by atoms with Crippen LogP contribution in [0, 0.1) is 13.8 Å². The van der Waals surface area contributed by atoms with Gasteiger partial charge in [0, 0.05) is 25.7 Å². The largest absolute Gasteiger partial charge is 0.314 e. The zero-order valence-corrected chi connectivity index (χ0v) is 8.93. The number of hydrogen-bond donors (Lipinski definition) is 2. The first-order chi connectivity index (χ1) is 6.77. The number of benzene rings is 1. The van der Waals surface area contributed by atoms with Crippen molar-refractivity contribution in [2.45, 2.75) is 19.9 Å². The van der Waals surface area contributed by atoms with Crippen molar-refractivity contribution in [1.29, 1.82) is 0 Å². The summed E-state index contributed by atoms with van der Waals surface area (Å²) in [5.41, 5.74) is 4.16. The Kier molecular flexibility index (Phi) is 2.85. The highest BCUT2D eigenvalue weighted by Gasteiger charge is 2.13. The lowest BCUT2D eigenvalue weighted by Gasteiger charge is -2.25. The maximum Gasteiger partial charge on any atom is 0.0447 e. The molecule has 1 aromatic rings. The Morgan fingerprint density at radius 2 is 2.00 bits per heavy atom. The summed E-state index contributed by atoms with van der Waals surface area (Å²) in [5.74, 6) is 0. The van der Waals surface area contributed by atoms with Gasteiger partial charge in [-0.3, -0.25) is 0 Å². The average molecular weight is 190 g/mol. The van der Waals surface area contributed by atoms with Crippen LogP contribution < -0.4 is 10.6 Å². The molecule has 0 unspecified atom stereocenters. The third-order valence-corrected chi connectivity index (χ3v) is 2.97. The fourth-order valence-electron chi connectivity index (χ4n) is 1.87. The summed E-state index contributed by atoms with van der Waals surface area (Å²) >= 11 is 0. The molecular formula is C12H18N2. The first-order valence-corrected chi connectivity index (χ1v) is 5.28. The molecule has 0 saturated carbocycles. The van der Waals surface area contributed by atoms with Gasteiger partial charge in [-0.1, -0.05) is 18.2 Å². The third kappa shape index (κ3) is 1.97. The highest BCUT2D eigenvalue weighted by Crippen LogP contribution is 2.17. The van der Waals surface area contributed by atoms with E-state index in [1.54, 1.807) is 0 Å². The van der Waals surface area contributed by atoms with E-state index in [-0.39, 0.29) is 0 Å². The summed E-state index contributed by atoms with van der Waals surface area (Å²) in [6.45, 7) is 7.53. The highest BCUT2D eigenvalue weighted by atomic mass is 15.1. The zero-order chi connectivity index (χ0) is 9.97. The van der Waals surface area contributed by atoms with Crippen LogP contribution in [0.1, 0.15) is 22.7 Å². The Labute approximate surface area is 85.7 Å². The van der Waals surface area contributed by atoms with E-state index in [9.17, 15) is 0 Å². The van der Waals surface area contributed by atoms with E-state index in [1.165, 1.54) is 16.7 Å². The van der Waals surface area contributed by atoms with E-state index in [1.807, 2.05) is 0 Å². The standard InChI is InChI=1S/C12H18N2/c1-9-3-4-11(7-10(9)2)12-8-13-5-6-14-12/h3-4,7,12-14H,5-6,8H2,1-2H3/t12-/m0/s1. The molecule has 0 radical (unpaired) electrons. The SMILES string of the molecule is Cc1ccc([C@@H]2CNCCN2)cc1C. The molecule has 1 aromatic carbocycles. The monoisotopic (exact) mass is 190 g/mol. The lowest BCUT2D eigenvalue weighted by molar-refractivity contribution is 0.430. The lowest BCUT2D eigenvalue weighted by Crippen LogP contribution is -2.42. The van der Waals surface area contributed by atoms with Gasteiger partial charge in [0.2, 0.25) is 0 Å². The van der Waals surface area contributed by atoms with Crippen LogP contribution in [-0.2, 0) is 0 Å². The minimum absolute atomic E-state index is 0.489. The van der Waals surface area contributed by atoms with Crippen molar-refractivity contribution in [3.05, 3.63) is 34.9 Å². The first-order valence-electron chi connectivity index (χ1n) is 5.28. The number of piperazine rings is 1. The molecule has 0 amide bonds. The van der Waals surface area contributed by atoms with Crippen LogP contribution in [0.5, 0.6) is 0 Å². The number of nitrogens with one attached hydrogen (secondary N) is 2. The Balaban J connectivity index is 2.18. The van der Waals surface area contributed by atoms with Gasteiger partial charge in [-0.05, 0) is 30.5 Å². The molecule has 2 rings (SSSR count). The Bertz CT molecular complexity index is 314.